The molecule has 1 fully saturated rings. The molecule has 0 radical (unpaired) electrons. The Morgan fingerprint density at radius 1 is 1.00 bits per heavy atom. The molecule has 1 aliphatic rings. The topological polar surface area (TPSA) is 81.8 Å². The van der Waals surface area contributed by atoms with Crippen LogP contribution in [-0.4, -0.2) is 48.8 Å². The zero-order chi connectivity index (χ0) is 22.5. The normalized spacial score (nSPS) is 14.7. The van der Waals surface area contributed by atoms with Gasteiger partial charge in [0.2, 0.25) is 5.91 Å². The molecule has 1 heterocycles. The summed E-state index contributed by atoms with van der Waals surface area (Å²) in [4.78, 5) is 38.9. The molecule has 8 heteroatoms. The van der Waals surface area contributed by atoms with Gasteiger partial charge < -0.3 is 20.4 Å². The molecule has 0 spiro atoms. The quantitative estimate of drug-likeness (QED) is 0.716. The fourth-order valence-electron chi connectivity index (χ4n) is 3.58. The highest BCUT2D eigenvalue weighted by Crippen LogP contribution is 2.23. The first kappa shape index (κ1) is 22.3. The second kappa shape index (κ2) is 9.59. The summed E-state index contributed by atoms with van der Waals surface area (Å²) in [6, 6.07) is 11.4. The highest BCUT2D eigenvalue weighted by Gasteiger charge is 2.24. The van der Waals surface area contributed by atoms with E-state index in [0.717, 1.165) is 5.56 Å². The maximum atomic E-state index is 14.4. The van der Waals surface area contributed by atoms with Crippen molar-refractivity contribution in [2.75, 3.05) is 36.4 Å². The van der Waals surface area contributed by atoms with Gasteiger partial charge in [0.25, 0.3) is 0 Å². The minimum absolute atomic E-state index is 0.154. The van der Waals surface area contributed by atoms with Gasteiger partial charge in [-0.3, -0.25) is 9.59 Å². The number of nitrogens with zero attached hydrogens (tertiary/aromatic N) is 2. The molecule has 1 aliphatic heterocycles. The third-order valence-electron chi connectivity index (χ3n) is 5.31. The average Bonchev–Trinajstić information content (AvgIpc) is 2.73. The summed E-state index contributed by atoms with van der Waals surface area (Å²) in [6.45, 7) is 6.64. The minimum Gasteiger partial charge on any atom is -0.366 e. The Kier molecular flexibility index (Phi) is 6.89. The summed E-state index contributed by atoms with van der Waals surface area (Å²) >= 11 is 0. The number of piperazine rings is 1. The zero-order valence-corrected chi connectivity index (χ0v) is 17.9. The lowest BCUT2D eigenvalue weighted by molar-refractivity contribution is -0.114. The first-order valence-corrected chi connectivity index (χ1v) is 10.2. The summed E-state index contributed by atoms with van der Waals surface area (Å²) in [5.41, 5.74) is 2.34. The lowest BCUT2D eigenvalue weighted by atomic mass is 10.1. The van der Waals surface area contributed by atoms with Gasteiger partial charge in [-0.2, -0.15) is 0 Å². The van der Waals surface area contributed by atoms with E-state index in [1.165, 1.54) is 19.9 Å². The van der Waals surface area contributed by atoms with Gasteiger partial charge in [-0.05, 0) is 49.7 Å². The first-order chi connectivity index (χ1) is 14.7. The molecule has 3 rings (SSSR count). The fraction of sp³-hybridized carbons (Fsp3) is 0.348. The highest BCUT2D eigenvalue weighted by molar-refractivity contribution is 5.94. The first-order valence-electron chi connectivity index (χ1n) is 10.2. The Morgan fingerprint density at radius 2 is 1.71 bits per heavy atom. The minimum atomic E-state index is -0.432. The van der Waals surface area contributed by atoms with Crippen LogP contribution in [0, 0.1) is 5.82 Å². The van der Waals surface area contributed by atoms with Gasteiger partial charge in [-0.1, -0.05) is 12.1 Å². The Morgan fingerprint density at radius 3 is 2.32 bits per heavy atom. The molecule has 0 aliphatic carbocycles. The van der Waals surface area contributed by atoms with Crippen LogP contribution in [0.15, 0.2) is 42.5 Å². The van der Waals surface area contributed by atoms with E-state index in [4.69, 9.17) is 0 Å². The molecule has 2 aromatic rings. The van der Waals surface area contributed by atoms with E-state index >= 15 is 0 Å². The number of hydrogen-bond donors (Lipinski definition) is 2. The number of carbonyl (C=O) groups excluding carboxylic acids is 3. The van der Waals surface area contributed by atoms with Gasteiger partial charge in [-0.15, -0.1) is 0 Å². The molecule has 2 aromatic carbocycles. The molecule has 1 saturated heterocycles. The maximum absolute atomic E-state index is 14.4. The van der Waals surface area contributed by atoms with Crippen molar-refractivity contribution in [2.24, 2.45) is 0 Å². The molecule has 0 saturated carbocycles. The predicted molar refractivity (Wildman–Crippen MR) is 118 cm³/mol. The van der Waals surface area contributed by atoms with Crippen LogP contribution in [0.1, 0.15) is 42.7 Å². The molecule has 0 unspecified atom stereocenters. The summed E-state index contributed by atoms with van der Waals surface area (Å²) in [5, 5.41) is 5.71. The van der Waals surface area contributed by atoms with Gasteiger partial charge in [0.15, 0.2) is 5.78 Å². The molecule has 0 aromatic heterocycles. The Labute approximate surface area is 181 Å². The van der Waals surface area contributed by atoms with E-state index < -0.39 is 5.82 Å². The number of amides is 3. The Bertz CT molecular complexity index is 987. The van der Waals surface area contributed by atoms with Crippen molar-refractivity contribution in [3.63, 3.8) is 0 Å². The summed E-state index contributed by atoms with van der Waals surface area (Å²) in [6.07, 6.45) is 0. The van der Waals surface area contributed by atoms with Gasteiger partial charge in [-0.25, -0.2) is 9.18 Å². The number of benzene rings is 2. The van der Waals surface area contributed by atoms with E-state index in [2.05, 4.69) is 10.6 Å². The van der Waals surface area contributed by atoms with Crippen LogP contribution in [0.25, 0.3) is 0 Å². The van der Waals surface area contributed by atoms with Gasteiger partial charge >= 0.3 is 6.03 Å². The number of Topliss-reactive ketones (excluding diaryl/α,β-unsaturated/α-hetero) is 1. The van der Waals surface area contributed by atoms with Crippen LogP contribution >= 0.6 is 0 Å². The molecule has 0 bridgehead atoms. The van der Waals surface area contributed by atoms with Gasteiger partial charge in [0, 0.05) is 44.4 Å². The van der Waals surface area contributed by atoms with E-state index in [1.807, 2.05) is 30.0 Å². The van der Waals surface area contributed by atoms with Crippen molar-refractivity contribution < 1.29 is 18.8 Å². The van der Waals surface area contributed by atoms with E-state index in [0.29, 0.717) is 43.1 Å². The molecule has 164 valence electrons. The Balaban J connectivity index is 1.57. The summed E-state index contributed by atoms with van der Waals surface area (Å²) in [7, 11) is 0. The van der Waals surface area contributed by atoms with Gasteiger partial charge in [0.1, 0.15) is 5.82 Å². The van der Waals surface area contributed by atoms with Crippen molar-refractivity contribution in [2.45, 2.75) is 26.8 Å². The number of urea groups is 1. The number of anilines is 2. The number of halogens is 1. The molecular weight excluding hydrogens is 399 g/mol. The highest BCUT2D eigenvalue weighted by atomic mass is 19.1. The third kappa shape index (κ3) is 5.59. The molecule has 7 nitrogen and oxygen atoms in total. The van der Waals surface area contributed by atoms with Crippen LogP contribution in [-0.2, 0) is 4.79 Å². The van der Waals surface area contributed by atoms with Crippen LogP contribution in [0.5, 0.6) is 0 Å². The second-order valence-electron chi connectivity index (χ2n) is 7.67. The van der Waals surface area contributed by atoms with Crippen molar-refractivity contribution in [1.82, 2.24) is 10.2 Å². The number of carbonyl (C=O) groups is 3. The van der Waals surface area contributed by atoms with Crippen LogP contribution < -0.4 is 15.5 Å². The molecule has 2 N–H and O–H groups in total. The van der Waals surface area contributed by atoms with Crippen molar-refractivity contribution in [1.29, 1.82) is 0 Å². The summed E-state index contributed by atoms with van der Waals surface area (Å²) in [5.74, 6) is -0.763. The van der Waals surface area contributed by atoms with E-state index in [9.17, 15) is 18.8 Å². The Hall–Kier alpha value is -3.42. The van der Waals surface area contributed by atoms with Gasteiger partial charge in [0.05, 0.1) is 11.7 Å². The van der Waals surface area contributed by atoms with E-state index in [-0.39, 0.29) is 23.8 Å². The average molecular weight is 426 g/mol. The largest absolute Gasteiger partial charge is 0.366 e. The maximum Gasteiger partial charge on any atom is 0.317 e. The molecule has 31 heavy (non-hydrogen) atoms. The predicted octanol–water partition coefficient (Wildman–Crippen LogP) is 3.58. The van der Waals surface area contributed by atoms with Crippen molar-refractivity contribution in [3.05, 3.63) is 59.4 Å². The lowest BCUT2D eigenvalue weighted by Crippen LogP contribution is -2.52. The third-order valence-corrected chi connectivity index (χ3v) is 5.31. The van der Waals surface area contributed by atoms with Crippen molar-refractivity contribution in [3.8, 4) is 0 Å². The molecule has 3 amide bonds. The lowest BCUT2D eigenvalue weighted by Gasteiger charge is -2.36. The van der Waals surface area contributed by atoms with Crippen LogP contribution in [0.3, 0.4) is 0 Å². The summed E-state index contributed by atoms with van der Waals surface area (Å²) < 4.78 is 14.4. The number of hydrogen-bond acceptors (Lipinski definition) is 4. The number of nitrogens with one attached hydrogen (secondary N) is 2. The smallest absolute Gasteiger partial charge is 0.317 e. The standard InChI is InChI=1S/C23H27FN4O3/c1-15(18-5-4-6-20(13-18)26-17(3)30)25-23(31)28-11-9-27(10-12-28)22-8-7-19(16(2)29)14-21(22)24/h4-8,13-15H,9-12H2,1-3H3,(H,25,31)(H,26,30)/t15-/m0/s1. The zero-order valence-electron chi connectivity index (χ0n) is 17.9. The number of ketones is 1. The SMILES string of the molecule is CC(=O)Nc1cccc([C@H](C)NC(=O)N2CCN(c3ccc(C(C)=O)cc3F)CC2)c1. The molecular formula is C23H27FN4O3. The second-order valence-corrected chi connectivity index (χ2v) is 7.67. The molecule has 1 atom stereocenters. The van der Waals surface area contributed by atoms with Crippen molar-refractivity contribution >= 4 is 29.1 Å². The monoisotopic (exact) mass is 426 g/mol. The van der Waals surface area contributed by atoms with E-state index in [1.54, 1.807) is 23.1 Å². The fourth-order valence-corrected chi connectivity index (χ4v) is 3.58. The van der Waals surface area contributed by atoms with Crippen LogP contribution in [0.2, 0.25) is 0 Å². The van der Waals surface area contributed by atoms with Crippen LogP contribution in [0.4, 0.5) is 20.6 Å². The number of rotatable bonds is 5.